The quantitative estimate of drug-likeness (QED) is 0.695. The SMILES string of the molecule is CCCOC1CCCC(N)(C(N)=O)C1. The van der Waals surface area contributed by atoms with E-state index >= 15 is 0 Å². The molecule has 0 spiro atoms. The molecule has 0 aromatic heterocycles. The Hall–Kier alpha value is -0.610. The zero-order valence-corrected chi connectivity index (χ0v) is 8.79. The van der Waals surface area contributed by atoms with Crippen molar-refractivity contribution in [2.45, 2.75) is 50.7 Å². The summed E-state index contributed by atoms with van der Waals surface area (Å²) in [5.74, 6) is -0.401. The van der Waals surface area contributed by atoms with Crippen molar-refractivity contribution < 1.29 is 9.53 Å². The fourth-order valence-electron chi connectivity index (χ4n) is 1.91. The molecule has 0 radical (unpaired) electrons. The number of ether oxygens (including phenoxy) is 1. The average Bonchev–Trinajstić information content (AvgIpc) is 2.15. The summed E-state index contributed by atoms with van der Waals surface area (Å²) in [6.07, 6.45) is 4.28. The summed E-state index contributed by atoms with van der Waals surface area (Å²) in [5.41, 5.74) is 10.3. The van der Waals surface area contributed by atoms with Crippen molar-refractivity contribution in [2.75, 3.05) is 6.61 Å². The van der Waals surface area contributed by atoms with Crippen LogP contribution in [0, 0.1) is 0 Å². The second kappa shape index (κ2) is 4.75. The molecule has 82 valence electrons. The summed E-state index contributed by atoms with van der Waals surface area (Å²) in [5, 5.41) is 0. The molecule has 0 heterocycles. The molecule has 0 saturated heterocycles. The molecule has 2 unspecified atom stereocenters. The van der Waals surface area contributed by atoms with E-state index in [-0.39, 0.29) is 6.10 Å². The largest absolute Gasteiger partial charge is 0.378 e. The Morgan fingerprint density at radius 2 is 2.36 bits per heavy atom. The number of primary amides is 1. The van der Waals surface area contributed by atoms with Crippen molar-refractivity contribution in [1.82, 2.24) is 0 Å². The minimum Gasteiger partial charge on any atom is -0.378 e. The molecule has 0 aliphatic heterocycles. The smallest absolute Gasteiger partial charge is 0.237 e. The first-order valence-electron chi connectivity index (χ1n) is 5.29. The minimum absolute atomic E-state index is 0.112. The lowest BCUT2D eigenvalue weighted by atomic mass is 9.80. The van der Waals surface area contributed by atoms with Gasteiger partial charge in [-0.25, -0.2) is 0 Å². The van der Waals surface area contributed by atoms with Crippen LogP contribution in [0.1, 0.15) is 39.0 Å². The van der Waals surface area contributed by atoms with Crippen LogP contribution in [0.5, 0.6) is 0 Å². The highest BCUT2D eigenvalue weighted by Crippen LogP contribution is 2.28. The molecule has 4 N–H and O–H groups in total. The lowest BCUT2D eigenvalue weighted by Gasteiger charge is -2.35. The maximum atomic E-state index is 11.1. The Kier molecular flexibility index (Phi) is 3.89. The van der Waals surface area contributed by atoms with Gasteiger partial charge in [-0.2, -0.15) is 0 Å². The molecule has 4 heteroatoms. The van der Waals surface area contributed by atoms with Crippen LogP contribution >= 0.6 is 0 Å². The van der Waals surface area contributed by atoms with Crippen LogP contribution in [0.25, 0.3) is 0 Å². The van der Waals surface area contributed by atoms with E-state index in [0.29, 0.717) is 12.8 Å². The Morgan fingerprint density at radius 3 is 2.93 bits per heavy atom. The van der Waals surface area contributed by atoms with Gasteiger partial charge in [0.2, 0.25) is 5.91 Å². The third kappa shape index (κ3) is 2.69. The van der Waals surface area contributed by atoms with Gasteiger partial charge in [0.1, 0.15) is 0 Å². The zero-order valence-electron chi connectivity index (χ0n) is 8.79. The normalized spacial score (nSPS) is 32.9. The van der Waals surface area contributed by atoms with Crippen molar-refractivity contribution in [2.24, 2.45) is 11.5 Å². The van der Waals surface area contributed by atoms with E-state index in [0.717, 1.165) is 25.9 Å². The number of hydrogen-bond donors (Lipinski definition) is 2. The van der Waals surface area contributed by atoms with Gasteiger partial charge in [-0.05, 0) is 25.7 Å². The fraction of sp³-hybridized carbons (Fsp3) is 0.900. The fourth-order valence-corrected chi connectivity index (χ4v) is 1.91. The van der Waals surface area contributed by atoms with Gasteiger partial charge in [-0.3, -0.25) is 4.79 Å². The van der Waals surface area contributed by atoms with Crippen LogP contribution in [-0.4, -0.2) is 24.2 Å². The van der Waals surface area contributed by atoms with Gasteiger partial charge in [0.05, 0.1) is 11.6 Å². The molecule has 1 aliphatic carbocycles. The Bertz CT molecular complexity index is 208. The van der Waals surface area contributed by atoms with Gasteiger partial charge in [0, 0.05) is 13.0 Å². The van der Waals surface area contributed by atoms with E-state index in [1.807, 2.05) is 0 Å². The third-order valence-electron chi connectivity index (χ3n) is 2.79. The zero-order chi connectivity index (χ0) is 10.6. The molecule has 0 aromatic rings. The molecule has 1 saturated carbocycles. The summed E-state index contributed by atoms with van der Waals surface area (Å²) in [7, 11) is 0. The number of amides is 1. The van der Waals surface area contributed by atoms with Crippen molar-refractivity contribution >= 4 is 5.91 Å². The summed E-state index contributed by atoms with van der Waals surface area (Å²) in [4.78, 5) is 11.1. The van der Waals surface area contributed by atoms with E-state index in [1.54, 1.807) is 0 Å². The summed E-state index contributed by atoms with van der Waals surface area (Å²) >= 11 is 0. The summed E-state index contributed by atoms with van der Waals surface area (Å²) in [6.45, 7) is 2.80. The van der Waals surface area contributed by atoms with Crippen LogP contribution in [-0.2, 0) is 9.53 Å². The Morgan fingerprint density at radius 1 is 1.64 bits per heavy atom. The van der Waals surface area contributed by atoms with E-state index in [4.69, 9.17) is 16.2 Å². The number of nitrogens with two attached hydrogens (primary N) is 2. The number of carbonyl (C=O) groups excluding carboxylic acids is 1. The summed E-state index contributed by atoms with van der Waals surface area (Å²) in [6, 6.07) is 0. The van der Waals surface area contributed by atoms with Crippen LogP contribution in [0.2, 0.25) is 0 Å². The van der Waals surface area contributed by atoms with Gasteiger partial charge >= 0.3 is 0 Å². The van der Waals surface area contributed by atoms with Crippen molar-refractivity contribution in [3.63, 3.8) is 0 Å². The van der Waals surface area contributed by atoms with E-state index in [9.17, 15) is 4.79 Å². The lowest BCUT2D eigenvalue weighted by molar-refractivity contribution is -0.126. The summed E-state index contributed by atoms with van der Waals surface area (Å²) < 4.78 is 5.59. The van der Waals surface area contributed by atoms with Crippen LogP contribution in [0.15, 0.2) is 0 Å². The number of hydrogen-bond acceptors (Lipinski definition) is 3. The Labute approximate surface area is 85.0 Å². The highest BCUT2D eigenvalue weighted by atomic mass is 16.5. The first-order valence-corrected chi connectivity index (χ1v) is 5.29. The molecule has 0 aromatic carbocycles. The highest BCUT2D eigenvalue weighted by molar-refractivity contribution is 5.84. The van der Waals surface area contributed by atoms with Gasteiger partial charge in [0.15, 0.2) is 0 Å². The molecular weight excluding hydrogens is 180 g/mol. The van der Waals surface area contributed by atoms with Gasteiger partial charge < -0.3 is 16.2 Å². The van der Waals surface area contributed by atoms with E-state index in [2.05, 4.69) is 6.92 Å². The maximum Gasteiger partial charge on any atom is 0.237 e. The van der Waals surface area contributed by atoms with E-state index in [1.165, 1.54) is 0 Å². The average molecular weight is 200 g/mol. The molecule has 14 heavy (non-hydrogen) atoms. The topological polar surface area (TPSA) is 78.3 Å². The lowest BCUT2D eigenvalue weighted by Crippen LogP contribution is -2.56. The second-order valence-electron chi connectivity index (χ2n) is 4.11. The standard InChI is InChI=1S/C10H20N2O2/c1-2-6-14-8-4-3-5-10(12,7-8)9(11)13/h8H,2-7,12H2,1H3,(H2,11,13). The first-order chi connectivity index (χ1) is 6.58. The van der Waals surface area contributed by atoms with Crippen molar-refractivity contribution in [1.29, 1.82) is 0 Å². The van der Waals surface area contributed by atoms with Crippen molar-refractivity contribution in [3.05, 3.63) is 0 Å². The van der Waals surface area contributed by atoms with Gasteiger partial charge in [0.25, 0.3) is 0 Å². The van der Waals surface area contributed by atoms with Crippen LogP contribution < -0.4 is 11.5 Å². The Balaban J connectivity index is 2.46. The highest BCUT2D eigenvalue weighted by Gasteiger charge is 2.37. The van der Waals surface area contributed by atoms with Gasteiger partial charge in [-0.1, -0.05) is 6.92 Å². The van der Waals surface area contributed by atoms with E-state index < -0.39 is 11.4 Å². The molecule has 2 atom stereocenters. The van der Waals surface area contributed by atoms with Crippen LogP contribution in [0.4, 0.5) is 0 Å². The predicted octanol–water partition coefficient (Wildman–Crippen LogP) is 0.538. The third-order valence-corrected chi connectivity index (χ3v) is 2.79. The molecule has 0 bridgehead atoms. The maximum absolute atomic E-state index is 11.1. The molecule has 1 rings (SSSR count). The molecule has 1 amide bonds. The number of carbonyl (C=O) groups is 1. The van der Waals surface area contributed by atoms with Crippen molar-refractivity contribution in [3.8, 4) is 0 Å². The molecular formula is C10H20N2O2. The molecule has 4 nitrogen and oxygen atoms in total. The first kappa shape index (κ1) is 11.5. The van der Waals surface area contributed by atoms with Gasteiger partial charge in [-0.15, -0.1) is 0 Å². The number of rotatable bonds is 4. The molecule has 1 fully saturated rings. The van der Waals surface area contributed by atoms with Crippen LogP contribution in [0.3, 0.4) is 0 Å². The predicted molar refractivity (Wildman–Crippen MR) is 54.6 cm³/mol. The second-order valence-corrected chi connectivity index (χ2v) is 4.11. The molecule has 1 aliphatic rings. The monoisotopic (exact) mass is 200 g/mol. The minimum atomic E-state index is -0.837.